The van der Waals surface area contributed by atoms with Gasteiger partial charge in [-0.25, -0.2) is 0 Å². The van der Waals surface area contributed by atoms with E-state index in [-0.39, 0.29) is 6.29 Å². The fourth-order valence-corrected chi connectivity index (χ4v) is 2.35. The van der Waals surface area contributed by atoms with Crippen LogP contribution in [0.2, 0.25) is 0 Å². The third-order valence-electron chi connectivity index (χ3n) is 3.23. The molecule has 2 rings (SSSR count). The molecule has 0 bridgehead atoms. The van der Waals surface area contributed by atoms with Gasteiger partial charge in [0.15, 0.2) is 6.29 Å². The number of aliphatic hydroxyl groups is 1. The van der Waals surface area contributed by atoms with Crippen LogP contribution in [0.1, 0.15) is 38.5 Å². The van der Waals surface area contributed by atoms with Gasteiger partial charge in [0, 0.05) is 13.2 Å². The molecule has 1 aliphatic carbocycles. The number of hydrogen-bond donors (Lipinski definition) is 1. The van der Waals surface area contributed by atoms with Crippen molar-refractivity contribution in [3.63, 3.8) is 0 Å². The molecule has 1 saturated heterocycles. The van der Waals surface area contributed by atoms with E-state index in [1.54, 1.807) is 0 Å². The van der Waals surface area contributed by atoms with Crippen molar-refractivity contribution >= 4 is 0 Å². The van der Waals surface area contributed by atoms with Crippen LogP contribution < -0.4 is 0 Å². The van der Waals surface area contributed by atoms with E-state index in [0.29, 0.717) is 18.6 Å². The smallest absolute Gasteiger partial charge is 0.157 e. The highest BCUT2D eigenvalue weighted by molar-refractivity contribution is 4.76. The molecule has 3 nitrogen and oxygen atoms in total. The molecular weight excluding hydrogens is 180 g/mol. The molecule has 1 N–H and O–H groups in total. The summed E-state index contributed by atoms with van der Waals surface area (Å²) in [6, 6.07) is 0. The fourth-order valence-electron chi connectivity index (χ4n) is 2.35. The van der Waals surface area contributed by atoms with Gasteiger partial charge in [0.1, 0.15) is 0 Å². The first kappa shape index (κ1) is 10.4. The molecule has 82 valence electrons. The van der Waals surface area contributed by atoms with E-state index in [1.807, 2.05) is 0 Å². The van der Waals surface area contributed by atoms with E-state index in [1.165, 1.54) is 12.8 Å². The topological polar surface area (TPSA) is 38.7 Å². The lowest BCUT2D eigenvalue weighted by molar-refractivity contribution is -0.187. The zero-order valence-corrected chi connectivity index (χ0v) is 8.65. The molecule has 3 heteroatoms. The maximum absolute atomic E-state index is 9.00. The van der Waals surface area contributed by atoms with Crippen LogP contribution in [0.4, 0.5) is 0 Å². The van der Waals surface area contributed by atoms with Crippen molar-refractivity contribution in [3.8, 4) is 0 Å². The average Bonchev–Trinajstić information content (AvgIpc) is 2.67. The van der Waals surface area contributed by atoms with Crippen LogP contribution >= 0.6 is 0 Å². The van der Waals surface area contributed by atoms with Gasteiger partial charge in [0.2, 0.25) is 0 Å². The van der Waals surface area contributed by atoms with Crippen molar-refractivity contribution in [2.75, 3.05) is 13.2 Å². The van der Waals surface area contributed by atoms with Crippen LogP contribution in [0.15, 0.2) is 0 Å². The van der Waals surface area contributed by atoms with Crippen LogP contribution in [0, 0.1) is 5.92 Å². The Kier molecular flexibility index (Phi) is 3.79. The van der Waals surface area contributed by atoms with Crippen LogP contribution in [0.5, 0.6) is 0 Å². The van der Waals surface area contributed by atoms with Crippen molar-refractivity contribution < 1.29 is 14.6 Å². The van der Waals surface area contributed by atoms with Crippen molar-refractivity contribution in [1.82, 2.24) is 0 Å². The first-order chi connectivity index (χ1) is 6.88. The third-order valence-corrected chi connectivity index (χ3v) is 3.23. The van der Waals surface area contributed by atoms with E-state index in [9.17, 15) is 0 Å². The average molecular weight is 200 g/mol. The highest BCUT2D eigenvalue weighted by atomic mass is 16.7. The minimum absolute atomic E-state index is 0.0335. The summed E-state index contributed by atoms with van der Waals surface area (Å²) in [5, 5.41) is 9.00. The molecule has 1 heterocycles. The van der Waals surface area contributed by atoms with Crippen molar-refractivity contribution in [1.29, 1.82) is 0 Å². The van der Waals surface area contributed by atoms with E-state index in [0.717, 1.165) is 32.3 Å². The van der Waals surface area contributed by atoms with Gasteiger partial charge in [-0.1, -0.05) is 0 Å². The molecule has 0 spiro atoms. The van der Waals surface area contributed by atoms with Crippen molar-refractivity contribution in [2.45, 2.75) is 50.9 Å². The van der Waals surface area contributed by atoms with Gasteiger partial charge in [-0.15, -0.1) is 0 Å². The standard InChI is InChI=1S/C11H20O3/c12-8-9-4-5-10(7-9)14-11-3-1-2-6-13-11/h9-12H,1-8H2/t9-,10+,11?/m0/s1. The highest BCUT2D eigenvalue weighted by Gasteiger charge is 2.27. The summed E-state index contributed by atoms with van der Waals surface area (Å²) in [6.45, 7) is 1.16. The molecule has 1 saturated carbocycles. The fraction of sp³-hybridized carbons (Fsp3) is 1.00. The van der Waals surface area contributed by atoms with Crippen LogP contribution in [0.25, 0.3) is 0 Å². The Morgan fingerprint density at radius 1 is 1.21 bits per heavy atom. The summed E-state index contributed by atoms with van der Waals surface area (Å²) in [4.78, 5) is 0. The number of hydrogen-bond acceptors (Lipinski definition) is 3. The molecule has 0 radical (unpaired) electrons. The zero-order valence-electron chi connectivity index (χ0n) is 8.65. The molecular formula is C11H20O3. The van der Waals surface area contributed by atoms with Gasteiger partial charge < -0.3 is 14.6 Å². The molecule has 2 aliphatic rings. The molecule has 1 unspecified atom stereocenters. The molecule has 2 fully saturated rings. The second kappa shape index (κ2) is 5.10. The largest absolute Gasteiger partial charge is 0.396 e. The Morgan fingerprint density at radius 3 is 2.79 bits per heavy atom. The van der Waals surface area contributed by atoms with Gasteiger partial charge in [0.05, 0.1) is 6.10 Å². The van der Waals surface area contributed by atoms with Gasteiger partial charge >= 0.3 is 0 Å². The molecule has 0 aromatic heterocycles. The summed E-state index contributed by atoms with van der Waals surface area (Å²) in [6.07, 6.45) is 7.00. The van der Waals surface area contributed by atoms with Gasteiger partial charge in [-0.3, -0.25) is 0 Å². The van der Waals surface area contributed by atoms with E-state index in [2.05, 4.69) is 0 Å². The quantitative estimate of drug-likeness (QED) is 0.753. The predicted octanol–water partition coefficient (Wildman–Crippen LogP) is 1.69. The Labute approximate surface area is 85.4 Å². The molecule has 0 aromatic rings. The van der Waals surface area contributed by atoms with Crippen LogP contribution in [-0.4, -0.2) is 30.7 Å². The monoisotopic (exact) mass is 200 g/mol. The molecule has 14 heavy (non-hydrogen) atoms. The van der Waals surface area contributed by atoms with E-state index in [4.69, 9.17) is 14.6 Å². The minimum atomic E-state index is 0.0335. The Hall–Kier alpha value is -0.120. The highest BCUT2D eigenvalue weighted by Crippen LogP contribution is 2.29. The second-order valence-corrected chi connectivity index (χ2v) is 4.42. The SMILES string of the molecule is OC[C@H]1CC[C@@H](OC2CCCCO2)C1. The summed E-state index contributed by atoms with van der Waals surface area (Å²) in [5.41, 5.74) is 0. The second-order valence-electron chi connectivity index (χ2n) is 4.42. The van der Waals surface area contributed by atoms with E-state index >= 15 is 0 Å². The lowest BCUT2D eigenvalue weighted by atomic mass is 10.1. The molecule has 1 aliphatic heterocycles. The summed E-state index contributed by atoms with van der Waals surface area (Å²) in [7, 11) is 0. The summed E-state index contributed by atoms with van der Waals surface area (Å²) in [5.74, 6) is 0.462. The maximum Gasteiger partial charge on any atom is 0.157 e. The number of aliphatic hydroxyl groups excluding tert-OH is 1. The zero-order chi connectivity index (χ0) is 9.80. The third kappa shape index (κ3) is 2.69. The first-order valence-electron chi connectivity index (χ1n) is 5.76. The normalized spacial score (nSPS) is 38.8. The van der Waals surface area contributed by atoms with Crippen LogP contribution in [0.3, 0.4) is 0 Å². The summed E-state index contributed by atoms with van der Waals surface area (Å²) >= 11 is 0. The predicted molar refractivity (Wildman–Crippen MR) is 52.9 cm³/mol. The maximum atomic E-state index is 9.00. The number of ether oxygens (including phenoxy) is 2. The number of rotatable bonds is 3. The first-order valence-corrected chi connectivity index (χ1v) is 5.76. The van der Waals surface area contributed by atoms with Gasteiger partial charge in [-0.05, 0) is 44.4 Å². The molecule has 0 aromatic carbocycles. The lowest BCUT2D eigenvalue weighted by Crippen LogP contribution is -2.26. The summed E-state index contributed by atoms with van der Waals surface area (Å²) < 4.78 is 11.4. The molecule has 3 atom stereocenters. The molecule has 0 amide bonds. The van der Waals surface area contributed by atoms with E-state index < -0.39 is 0 Å². The van der Waals surface area contributed by atoms with Crippen LogP contribution in [-0.2, 0) is 9.47 Å². The van der Waals surface area contributed by atoms with Crippen molar-refractivity contribution in [2.24, 2.45) is 5.92 Å². The van der Waals surface area contributed by atoms with Gasteiger partial charge in [0.25, 0.3) is 0 Å². The van der Waals surface area contributed by atoms with Crippen molar-refractivity contribution in [3.05, 3.63) is 0 Å². The lowest BCUT2D eigenvalue weighted by Gasteiger charge is -2.25. The minimum Gasteiger partial charge on any atom is -0.396 e. The Bertz CT molecular complexity index is 166. The van der Waals surface area contributed by atoms with Gasteiger partial charge in [-0.2, -0.15) is 0 Å². The Balaban J connectivity index is 1.69. The Morgan fingerprint density at radius 2 is 2.14 bits per heavy atom.